The van der Waals surface area contributed by atoms with Gasteiger partial charge in [0, 0.05) is 49.7 Å². The Morgan fingerprint density at radius 1 is 1.17 bits per heavy atom. The summed E-state index contributed by atoms with van der Waals surface area (Å²) in [7, 11) is 3.72. The first-order valence-corrected chi connectivity index (χ1v) is 14.0. The highest BCUT2D eigenvalue weighted by Crippen LogP contribution is 2.32. The quantitative estimate of drug-likeness (QED) is 0.247. The molecule has 0 bridgehead atoms. The third kappa shape index (κ3) is 7.23. The lowest BCUT2D eigenvalue weighted by atomic mass is 9.79. The van der Waals surface area contributed by atoms with Crippen LogP contribution in [0.15, 0.2) is 48.0 Å². The number of fused-ring (bicyclic) bond motifs is 1. The minimum Gasteiger partial charge on any atom is -0.497 e. The maximum atomic E-state index is 11.3. The van der Waals surface area contributed by atoms with E-state index < -0.39 is 5.97 Å². The SMILES string of the molecule is COc1ccc2nccc(CCCC3CCN(CCCSc4nccn4C)CC3CCC(=O)O)c2c1. The van der Waals surface area contributed by atoms with Crippen molar-refractivity contribution in [3.8, 4) is 5.75 Å². The lowest BCUT2D eigenvalue weighted by Crippen LogP contribution is -2.41. The van der Waals surface area contributed by atoms with E-state index in [9.17, 15) is 9.90 Å². The summed E-state index contributed by atoms with van der Waals surface area (Å²) >= 11 is 1.80. The highest BCUT2D eigenvalue weighted by molar-refractivity contribution is 7.99. The summed E-state index contributed by atoms with van der Waals surface area (Å²) in [4.78, 5) is 22.8. The molecular weight excluding hydrogens is 472 g/mol. The Kier molecular flexibility index (Phi) is 9.64. The maximum Gasteiger partial charge on any atom is 0.303 e. The zero-order chi connectivity index (χ0) is 25.3. The van der Waals surface area contributed by atoms with Crippen molar-refractivity contribution in [2.45, 2.75) is 50.1 Å². The standard InChI is InChI=1S/C28H38N4O3S/c1-31-17-14-30-28(31)36-18-4-15-32-16-12-21(23(20-32)7-10-27(33)34)5-3-6-22-11-13-29-26-9-8-24(35-2)19-25(22)26/h8-9,11,13-14,17,19,21,23H,3-7,10,12,15-16,18,20H2,1-2H3,(H,33,34). The van der Waals surface area contributed by atoms with Crippen molar-refractivity contribution < 1.29 is 14.6 Å². The molecule has 4 rings (SSSR count). The second-order valence-corrected chi connectivity index (χ2v) is 10.9. The molecule has 0 saturated carbocycles. The zero-order valence-electron chi connectivity index (χ0n) is 21.4. The van der Waals surface area contributed by atoms with E-state index in [2.05, 4.69) is 31.6 Å². The average molecular weight is 511 g/mol. The number of piperidine rings is 1. The Morgan fingerprint density at radius 2 is 2.06 bits per heavy atom. The monoisotopic (exact) mass is 510 g/mol. The van der Waals surface area contributed by atoms with Crippen LogP contribution >= 0.6 is 11.8 Å². The first-order valence-electron chi connectivity index (χ1n) is 13.0. The Labute approximate surface area is 218 Å². The van der Waals surface area contributed by atoms with Crippen LogP contribution in [-0.2, 0) is 18.3 Å². The van der Waals surface area contributed by atoms with Gasteiger partial charge in [-0.25, -0.2) is 4.98 Å². The number of nitrogens with zero attached hydrogens (tertiary/aromatic N) is 4. The van der Waals surface area contributed by atoms with Crippen LogP contribution < -0.4 is 4.74 Å². The van der Waals surface area contributed by atoms with Crippen LogP contribution in [0.3, 0.4) is 0 Å². The van der Waals surface area contributed by atoms with Crippen molar-refractivity contribution in [1.29, 1.82) is 0 Å². The Balaban J connectivity index is 1.29. The van der Waals surface area contributed by atoms with Crippen molar-refractivity contribution >= 4 is 28.6 Å². The van der Waals surface area contributed by atoms with Gasteiger partial charge in [-0.15, -0.1) is 0 Å². The second-order valence-electron chi connectivity index (χ2n) is 9.81. The fraction of sp³-hybridized carbons (Fsp3) is 0.536. The molecule has 36 heavy (non-hydrogen) atoms. The fourth-order valence-electron chi connectivity index (χ4n) is 5.40. The van der Waals surface area contributed by atoms with Gasteiger partial charge in [-0.1, -0.05) is 11.8 Å². The number of rotatable bonds is 13. The lowest BCUT2D eigenvalue weighted by molar-refractivity contribution is -0.137. The number of ether oxygens (including phenoxy) is 1. The van der Waals surface area contributed by atoms with Crippen molar-refractivity contribution in [2.24, 2.45) is 18.9 Å². The number of imidazole rings is 1. The minimum atomic E-state index is -0.686. The van der Waals surface area contributed by atoms with E-state index in [1.807, 2.05) is 37.8 Å². The summed E-state index contributed by atoms with van der Waals surface area (Å²) < 4.78 is 7.48. The molecule has 1 aliphatic rings. The van der Waals surface area contributed by atoms with Gasteiger partial charge in [0.05, 0.1) is 12.6 Å². The topological polar surface area (TPSA) is 80.5 Å². The number of aliphatic carboxylic acids is 1. The molecule has 1 fully saturated rings. The predicted molar refractivity (Wildman–Crippen MR) is 145 cm³/mol. The number of methoxy groups -OCH3 is 1. The molecule has 3 heterocycles. The van der Waals surface area contributed by atoms with Gasteiger partial charge in [0.1, 0.15) is 5.75 Å². The Bertz CT molecular complexity index is 1130. The number of thioether (sulfide) groups is 1. The normalized spacial score (nSPS) is 18.5. The number of likely N-dealkylation sites (tertiary alicyclic amines) is 1. The van der Waals surface area contributed by atoms with E-state index in [1.54, 1.807) is 18.9 Å². The highest BCUT2D eigenvalue weighted by atomic mass is 32.2. The third-order valence-electron chi connectivity index (χ3n) is 7.39. The molecule has 194 valence electrons. The fourth-order valence-corrected chi connectivity index (χ4v) is 6.26. The van der Waals surface area contributed by atoms with Crippen molar-refractivity contribution in [3.05, 3.63) is 48.4 Å². The molecule has 8 heteroatoms. The molecule has 7 nitrogen and oxygen atoms in total. The summed E-state index contributed by atoms with van der Waals surface area (Å²) in [5.74, 6) is 2.26. The molecule has 2 aromatic heterocycles. The predicted octanol–water partition coefficient (Wildman–Crippen LogP) is 5.28. The van der Waals surface area contributed by atoms with Gasteiger partial charge in [-0.2, -0.15) is 0 Å². The van der Waals surface area contributed by atoms with Gasteiger partial charge < -0.3 is 19.3 Å². The van der Waals surface area contributed by atoms with Crippen molar-refractivity contribution in [2.75, 3.05) is 32.5 Å². The van der Waals surface area contributed by atoms with E-state index in [-0.39, 0.29) is 6.42 Å². The number of benzene rings is 1. The van der Waals surface area contributed by atoms with Gasteiger partial charge in [0.2, 0.25) is 0 Å². The smallest absolute Gasteiger partial charge is 0.303 e. The Morgan fingerprint density at radius 3 is 2.83 bits per heavy atom. The molecular formula is C28H38N4O3S. The van der Waals surface area contributed by atoms with Crippen LogP contribution in [0.4, 0.5) is 0 Å². The van der Waals surface area contributed by atoms with Gasteiger partial charge >= 0.3 is 5.97 Å². The molecule has 0 amide bonds. The van der Waals surface area contributed by atoms with E-state index >= 15 is 0 Å². The second kappa shape index (κ2) is 13.1. The first-order chi connectivity index (χ1) is 17.5. The molecule has 0 radical (unpaired) electrons. The largest absolute Gasteiger partial charge is 0.497 e. The molecule has 0 spiro atoms. The summed E-state index contributed by atoms with van der Waals surface area (Å²) in [6.45, 7) is 3.19. The third-order valence-corrected chi connectivity index (χ3v) is 8.54. The van der Waals surface area contributed by atoms with Gasteiger partial charge in [0.15, 0.2) is 5.16 Å². The molecule has 1 N–H and O–H groups in total. The molecule has 2 unspecified atom stereocenters. The maximum absolute atomic E-state index is 11.3. The number of carboxylic acids is 1. The summed E-state index contributed by atoms with van der Waals surface area (Å²) in [6, 6.07) is 8.18. The average Bonchev–Trinajstić information content (AvgIpc) is 3.30. The van der Waals surface area contributed by atoms with Crippen LogP contribution in [0.1, 0.15) is 44.1 Å². The molecule has 0 aliphatic carbocycles. The minimum absolute atomic E-state index is 0.263. The number of carboxylic acid groups (broad SMARTS) is 1. The van der Waals surface area contributed by atoms with Gasteiger partial charge in [-0.05, 0) is 93.3 Å². The number of carbonyl (C=O) groups is 1. The number of hydrogen-bond donors (Lipinski definition) is 1. The van der Waals surface area contributed by atoms with E-state index in [4.69, 9.17) is 4.74 Å². The van der Waals surface area contributed by atoms with Crippen LogP contribution in [0.5, 0.6) is 5.75 Å². The molecule has 1 saturated heterocycles. The number of aryl methyl sites for hydroxylation is 2. The van der Waals surface area contributed by atoms with Crippen LogP contribution in [-0.4, -0.2) is 63.0 Å². The number of hydrogen-bond acceptors (Lipinski definition) is 6. The molecule has 1 aromatic carbocycles. The van der Waals surface area contributed by atoms with Gasteiger partial charge in [-0.3, -0.25) is 9.78 Å². The summed E-state index contributed by atoms with van der Waals surface area (Å²) in [5.41, 5.74) is 2.31. The number of pyridine rings is 1. The van der Waals surface area contributed by atoms with Crippen LogP contribution in [0.25, 0.3) is 10.9 Å². The summed E-state index contributed by atoms with van der Waals surface area (Å²) in [5, 5.41) is 11.5. The molecule has 1 aliphatic heterocycles. The van der Waals surface area contributed by atoms with Crippen molar-refractivity contribution in [1.82, 2.24) is 19.4 Å². The first kappa shape index (κ1) is 26.5. The zero-order valence-corrected chi connectivity index (χ0v) is 22.3. The highest BCUT2D eigenvalue weighted by Gasteiger charge is 2.29. The van der Waals surface area contributed by atoms with Gasteiger partial charge in [0.25, 0.3) is 0 Å². The lowest BCUT2D eigenvalue weighted by Gasteiger charge is -2.39. The van der Waals surface area contributed by atoms with E-state index in [0.717, 1.165) is 85.7 Å². The van der Waals surface area contributed by atoms with E-state index in [0.29, 0.717) is 11.8 Å². The molecule has 2 atom stereocenters. The Hall–Kier alpha value is -2.58. The molecule has 3 aromatic rings. The van der Waals surface area contributed by atoms with Crippen LogP contribution in [0, 0.1) is 11.8 Å². The number of aromatic nitrogens is 3. The summed E-state index contributed by atoms with van der Waals surface area (Å²) in [6.07, 6.45) is 12.3. The van der Waals surface area contributed by atoms with Crippen molar-refractivity contribution in [3.63, 3.8) is 0 Å². The van der Waals surface area contributed by atoms with E-state index in [1.165, 1.54) is 5.56 Å². The van der Waals surface area contributed by atoms with Crippen LogP contribution in [0.2, 0.25) is 0 Å².